The normalized spacial score (nSPS) is 10.8. The van der Waals surface area contributed by atoms with E-state index in [2.05, 4.69) is 0 Å². The maximum atomic E-state index is 12.9. The number of nitrogens with zero attached hydrogens (tertiary/aromatic N) is 3. The molecular formula is C26H25N3O5S. The summed E-state index contributed by atoms with van der Waals surface area (Å²) in [5.74, 6) is -1.18. The van der Waals surface area contributed by atoms with Gasteiger partial charge in [-0.3, -0.25) is 9.10 Å². The molecule has 0 saturated heterocycles. The molecular weight excluding hydrogens is 466 g/mol. The summed E-state index contributed by atoms with van der Waals surface area (Å²) in [4.78, 5) is 26.7. The van der Waals surface area contributed by atoms with Crippen molar-refractivity contribution in [3.63, 3.8) is 0 Å². The molecule has 0 spiro atoms. The van der Waals surface area contributed by atoms with Crippen molar-refractivity contribution in [1.82, 2.24) is 0 Å². The molecule has 0 aliphatic heterocycles. The average Bonchev–Trinajstić information content (AvgIpc) is 2.88. The summed E-state index contributed by atoms with van der Waals surface area (Å²) in [5.41, 5.74) is 2.09. The Hall–Kier alpha value is -4.16. The molecule has 0 atom stereocenters. The maximum absolute atomic E-state index is 12.9. The third kappa shape index (κ3) is 6.25. The van der Waals surface area contributed by atoms with E-state index in [0.717, 1.165) is 9.87 Å². The monoisotopic (exact) mass is 491 g/mol. The molecule has 0 unspecified atom stereocenters. The number of rotatable bonds is 9. The van der Waals surface area contributed by atoms with Crippen molar-refractivity contribution in [2.75, 3.05) is 29.4 Å². The van der Waals surface area contributed by atoms with Crippen LogP contribution in [0.3, 0.4) is 0 Å². The first kappa shape index (κ1) is 25.5. The minimum atomic E-state index is -3.76. The van der Waals surface area contributed by atoms with E-state index in [1.165, 1.54) is 36.2 Å². The van der Waals surface area contributed by atoms with Crippen LogP contribution in [0.25, 0.3) is 0 Å². The van der Waals surface area contributed by atoms with Gasteiger partial charge in [-0.2, -0.15) is 5.26 Å². The molecule has 0 aliphatic carbocycles. The lowest BCUT2D eigenvalue weighted by Gasteiger charge is -2.21. The number of carbonyl (C=O) groups excluding carboxylic acids is 2. The highest BCUT2D eigenvalue weighted by Crippen LogP contribution is 2.23. The molecule has 3 aromatic carbocycles. The quantitative estimate of drug-likeness (QED) is 0.420. The van der Waals surface area contributed by atoms with Crippen molar-refractivity contribution in [2.24, 2.45) is 0 Å². The van der Waals surface area contributed by atoms with E-state index in [9.17, 15) is 18.0 Å². The molecule has 0 radical (unpaired) electrons. The van der Waals surface area contributed by atoms with Gasteiger partial charge in [0.25, 0.3) is 15.9 Å². The molecule has 0 saturated carbocycles. The first-order chi connectivity index (χ1) is 16.7. The predicted molar refractivity (Wildman–Crippen MR) is 133 cm³/mol. The second-order valence-corrected chi connectivity index (χ2v) is 9.67. The molecule has 9 heteroatoms. The second-order valence-electron chi connectivity index (χ2n) is 7.70. The Kier molecular flexibility index (Phi) is 8.23. The number of esters is 1. The largest absolute Gasteiger partial charge is 0.452 e. The van der Waals surface area contributed by atoms with E-state index < -0.39 is 28.5 Å². The number of amides is 1. The van der Waals surface area contributed by atoms with Crippen LogP contribution >= 0.6 is 0 Å². The summed E-state index contributed by atoms with van der Waals surface area (Å²) >= 11 is 0. The van der Waals surface area contributed by atoms with E-state index in [-0.39, 0.29) is 23.4 Å². The number of aryl methyl sites for hydroxylation is 1. The van der Waals surface area contributed by atoms with Crippen LogP contribution in [-0.2, 0) is 19.6 Å². The number of sulfonamides is 1. The van der Waals surface area contributed by atoms with Gasteiger partial charge >= 0.3 is 5.97 Å². The lowest BCUT2D eigenvalue weighted by Crippen LogP contribution is -2.35. The molecule has 0 N–H and O–H groups in total. The number of carbonyl (C=O) groups is 2. The molecule has 0 heterocycles. The highest BCUT2D eigenvalue weighted by molar-refractivity contribution is 7.92. The molecule has 0 fully saturated rings. The number of hydrogen-bond donors (Lipinski definition) is 0. The number of hydrogen-bond acceptors (Lipinski definition) is 6. The highest BCUT2D eigenvalue weighted by atomic mass is 32.2. The number of nitriles is 1. The molecule has 3 aromatic rings. The van der Waals surface area contributed by atoms with Crippen molar-refractivity contribution < 1.29 is 22.7 Å². The molecule has 35 heavy (non-hydrogen) atoms. The highest BCUT2D eigenvalue weighted by Gasteiger charge is 2.22. The maximum Gasteiger partial charge on any atom is 0.338 e. The van der Waals surface area contributed by atoms with Crippen LogP contribution in [0.1, 0.15) is 22.3 Å². The Balaban J connectivity index is 1.66. The van der Waals surface area contributed by atoms with Crippen molar-refractivity contribution in [1.29, 1.82) is 5.26 Å². The van der Waals surface area contributed by atoms with Crippen molar-refractivity contribution in [3.8, 4) is 6.07 Å². The minimum absolute atomic E-state index is 0.134. The Bertz CT molecular complexity index is 1320. The van der Waals surface area contributed by atoms with Gasteiger partial charge in [0.05, 0.1) is 28.6 Å². The van der Waals surface area contributed by atoms with Crippen LogP contribution in [0.4, 0.5) is 11.4 Å². The fourth-order valence-corrected chi connectivity index (χ4v) is 4.47. The van der Waals surface area contributed by atoms with Gasteiger partial charge in [0, 0.05) is 19.3 Å². The fraction of sp³-hybridized carbons (Fsp3) is 0.192. The van der Waals surface area contributed by atoms with Gasteiger partial charge in [-0.05, 0) is 55.5 Å². The number of ether oxygens (including phenoxy) is 1. The van der Waals surface area contributed by atoms with Gasteiger partial charge in [0.2, 0.25) is 0 Å². The predicted octanol–water partition coefficient (Wildman–Crippen LogP) is 3.92. The number of para-hydroxylation sites is 1. The Morgan fingerprint density at radius 3 is 2.14 bits per heavy atom. The second kappa shape index (κ2) is 11.3. The van der Waals surface area contributed by atoms with Gasteiger partial charge in [-0.15, -0.1) is 0 Å². The summed E-state index contributed by atoms with van der Waals surface area (Å²) in [6.07, 6.45) is 0.134. The first-order valence-corrected chi connectivity index (χ1v) is 12.2. The first-order valence-electron chi connectivity index (χ1n) is 10.8. The van der Waals surface area contributed by atoms with Gasteiger partial charge in [-0.1, -0.05) is 35.9 Å². The molecule has 0 aliphatic rings. The zero-order valence-corrected chi connectivity index (χ0v) is 20.2. The van der Waals surface area contributed by atoms with Gasteiger partial charge in [-0.25, -0.2) is 13.2 Å². The third-order valence-electron chi connectivity index (χ3n) is 5.29. The third-order valence-corrected chi connectivity index (χ3v) is 7.09. The summed E-state index contributed by atoms with van der Waals surface area (Å²) in [6.45, 7) is 1.55. The van der Waals surface area contributed by atoms with E-state index >= 15 is 0 Å². The summed E-state index contributed by atoms with van der Waals surface area (Å²) in [7, 11) is -2.33. The van der Waals surface area contributed by atoms with Crippen LogP contribution in [0.2, 0.25) is 0 Å². The van der Waals surface area contributed by atoms with Crippen LogP contribution < -0.4 is 9.21 Å². The van der Waals surface area contributed by atoms with E-state index in [1.54, 1.807) is 48.5 Å². The standard InChI is InChI=1S/C26H25N3O5S/c1-20-9-15-24(16-10-20)35(32,33)28(2)22-13-11-21(12-14-22)26(31)34-19-25(30)29(18-6-17-27)23-7-4-3-5-8-23/h3-5,7-16H,6,18-19H2,1-2H3. The molecule has 1 amide bonds. The summed E-state index contributed by atoms with van der Waals surface area (Å²) in [6, 6.07) is 23.2. The SMILES string of the molecule is Cc1ccc(S(=O)(=O)N(C)c2ccc(C(=O)OCC(=O)N(CCC#N)c3ccccc3)cc2)cc1. The number of anilines is 2. The minimum Gasteiger partial charge on any atom is -0.452 e. The molecule has 8 nitrogen and oxygen atoms in total. The smallest absolute Gasteiger partial charge is 0.338 e. The van der Waals surface area contributed by atoms with Crippen LogP contribution in [0.15, 0.2) is 83.8 Å². The van der Waals surface area contributed by atoms with Crippen molar-refractivity contribution in [2.45, 2.75) is 18.2 Å². The van der Waals surface area contributed by atoms with E-state index in [1.807, 2.05) is 19.1 Å². The lowest BCUT2D eigenvalue weighted by molar-refractivity contribution is -0.121. The molecule has 0 bridgehead atoms. The molecule has 0 aromatic heterocycles. The number of benzene rings is 3. The summed E-state index contributed by atoms with van der Waals surface area (Å²) < 4.78 is 32.0. The van der Waals surface area contributed by atoms with Crippen molar-refractivity contribution in [3.05, 3.63) is 90.0 Å². The van der Waals surface area contributed by atoms with E-state index in [4.69, 9.17) is 10.00 Å². The Labute approximate surface area is 205 Å². The Morgan fingerprint density at radius 2 is 1.54 bits per heavy atom. The summed E-state index contributed by atoms with van der Waals surface area (Å²) in [5, 5.41) is 8.88. The molecule has 3 rings (SSSR count). The van der Waals surface area contributed by atoms with E-state index in [0.29, 0.717) is 11.4 Å². The van der Waals surface area contributed by atoms with Crippen LogP contribution in [0, 0.1) is 18.3 Å². The van der Waals surface area contributed by atoms with Crippen LogP contribution in [-0.4, -0.2) is 40.5 Å². The Morgan fingerprint density at radius 1 is 0.914 bits per heavy atom. The van der Waals surface area contributed by atoms with Gasteiger partial charge in [0.15, 0.2) is 6.61 Å². The zero-order chi connectivity index (χ0) is 25.4. The zero-order valence-electron chi connectivity index (χ0n) is 19.4. The lowest BCUT2D eigenvalue weighted by atomic mass is 10.2. The topological polar surface area (TPSA) is 108 Å². The molecule has 180 valence electrons. The average molecular weight is 492 g/mol. The van der Waals surface area contributed by atoms with Crippen molar-refractivity contribution >= 4 is 33.3 Å². The van der Waals surface area contributed by atoms with Gasteiger partial charge < -0.3 is 9.64 Å². The fourth-order valence-electron chi connectivity index (χ4n) is 3.27. The van der Waals surface area contributed by atoms with Gasteiger partial charge in [0.1, 0.15) is 0 Å². The van der Waals surface area contributed by atoms with Crippen LogP contribution in [0.5, 0.6) is 0 Å².